The second kappa shape index (κ2) is 19.0. The maximum atomic E-state index is 14.2. The Bertz CT molecular complexity index is 1290. The van der Waals surface area contributed by atoms with Crippen LogP contribution in [-0.4, -0.2) is 71.2 Å². The zero-order valence-electron chi connectivity index (χ0n) is 29.8. The van der Waals surface area contributed by atoms with Crippen molar-refractivity contribution < 1.29 is 24.0 Å². The van der Waals surface area contributed by atoms with Gasteiger partial charge >= 0.3 is 6.03 Å². The smallest absolute Gasteiger partial charge is 0.315 e. The Morgan fingerprint density at radius 2 is 1.71 bits per heavy atom. The van der Waals surface area contributed by atoms with Crippen LogP contribution in [0.4, 0.5) is 4.79 Å². The first-order valence-corrected chi connectivity index (χ1v) is 17.4. The van der Waals surface area contributed by atoms with Crippen molar-refractivity contribution in [3.8, 4) is 12.3 Å². The van der Waals surface area contributed by atoms with Crippen LogP contribution >= 0.6 is 0 Å². The number of terminal acetylenes is 1. The van der Waals surface area contributed by atoms with Crippen LogP contribution in [0.2, 0.25) is 0 Å². The molecule has 1 saturated heterocycles. The average Bonchev–Trinajstić information content (AvgIpc) is 3.46. The molecule has 4 N–H and O–H groups in total. The highest BCUT2D eigenvalue weighted by Crippen LogP contribution is 2.32. The van der Waals surface area contributed by atoms with E-state index in [4.69, 9.17) is 6.42 Å². The van der Waals surface area contributed by atoms with Gasteiger partial charge in [-0.1, -0.05) is 97.2 Å². The molecule has 0 spiro atoms. The summed E-state index contributed by atoms with van der Waals surface area (Å²) in [6, 6.07) is 6.74. The number of carbonyl (C=O) groups excluding carboxylic acids is 5. The first-order chi connectivity index (χ1) is 22.8. The van der Waals surface area contributed by atoms with E-state index in [1.165, 1.54) is 11.0 Å². The van der Waals surface area contributed by atoms with Crippen LogP contribution in [0, 0.1) is 23.7 Å². The molecule has 10 nitrogen and oxygen atoms in total. The van der Waals surface area contributed by atoms with E-state index in [2.05, 4.69) is 45.9 Å². The van der Waals surface area contributed by atoms with Gasteiger partial charge in [-0.2, -0.15) is 0 Å². The van der Waals surface area contributed by atoms with Crippen LogP contribution in [0.1, 0.15) is 98.5 Å². The molecule has 0 aromatic heterocycles. The predicted octanol–water partition coefficient (Wildman–Crippen LogP) is 4.68. The van der Waals surface area contributed by atoms with Crippen LogP contribution < -0.4 is 21.3 Å². The Labute approximate surface area is 287 Å². The van der Waals surface area contributed by atoms with E-state index in [1.807, 2.05) is 59.7 Å². The molecule has 3 rings (SSSR count). The zero-order valence-corrected chi connectivity index (χ0v) is 29.8. The Morgan fingerprint density at radius 1 is 1.06 bits per heavy atom. The molecule has 0 radical (unpaired) electrons. The Kier molecular flexibility index (Phi) is 15.9. The standard InChI is InChI=1S/C36H51N5O5.C2H6/c1-7-9-18-27(29(42)32(44)37-21-8-2)38-31(43)28-22-25(3)24-41(28)33(45)30(35(4,5)6)39-34(46)40-36(19-14-11-15-20-36)23-26-16-12-10-13-17-26;1-2/h1,8,10,12-13,16-17,25,27-28,30H,2,9,11,14-15,18-24H2,3-6H3,(H,37,44)(H,38,43)(H2,39,40,46);1-2H3/t25?,27?,28-,30?;/m0./s1. The number of benzene rings is 1. The predicted molar refractivity (Wildman–Crippen MR) is 190 cm³/mol. The fourth-order valence-corrected chi connectivity index (χ4v) is 6.50. The SMILES string of the molecule is C#CCCC(NC(=O)[C@@H]1CC(C)CN1C(=O)C(NC(=O)NC1(Cc2ccccc2)CCCCC1)C(C)(C)C)C(=O)C(=O)NCC=C.CC. The normalized spacial score (nSPS) is 19.6. The minimum atomic E-state index is -1.14. The van der Waals surface area contributed by atoms with Crippen molar-refractivity contribution in [1.82, 2.24) is 26.2 Å². The van der Waals surface area contributed by atoms with Gasteiger partial charge in [-0.3, -0.25) is 19.2 Å². The Morgan fingerprint density at radius 3 is 2.29 bits per heavy atom. The number of nitrogens with zero attached hydrogens (tertiary/aromatic N) is 1. The minimum Gasteiger partial charge on any atom is -0.346 e. The van der Waals surface area contributed by atoms with Gasteiger partial charge in [-0.25, -0.2) is 4.79 Å². The van der Waals surface area contributed by atoms with Crippen LogP contribution in [-0.2, 0) is 25.6 Å². The molecule has 2 aliphatic rings. The van der Waals surface area contributed by atoms with Gasteiger partial charge in [0, 0.05) is 25.0 Å². The minimum absolute atomic E-state index is 0.00118. The van der Waals surface area contributed by atoms with Crippen molar-refractivity contribution in [2.24, 2.45) is 11.3 Å². The van der Waals surface area contributed by atoms with Crippen molar-refractivity contribution >= 4 is 29.5 Å². The molecule has 2 fully saturated rings. The lowest BCUT2D eigenvalue weighted by Crippen LogP contribution is -2.62. The van der Waals surface area contributed by atoms with Crippen molar-refractivity contribution in [2.75, 3.05) is 13.1 Å². The van der Waals surface area contributed by atoms with Gasteiger partial charge < -0.3 is 26.2 Å². The molecule has 1 aromatic rings. The number of carbonyl (C=O) groups is 5. The lowest BCUT2D eigenvalue weighted by Gasteiger charge is -2.40. The van der Waals surface area contributed by atoms with Crippen LogP contribution in [0.3, 0.4) is 0 Å². The quantitative estimate of drug-likeness (QED) is 0.138. The highest BCUT2D eigenvalue weighted by atomic mass is 16.2. The van der Waals surface area contributed by atoms with E-state index in [1.54, 1.807) is 0 Å². The van der Waals surface area contributed by atoms with Crippen molar-refractivity contribution in [3.63, 3.8) is 0 Å². The maximum Gasteiger partial charge on any atom is 0.315 e. The molecule has 48 heavy (non-hydrogen) atoms. The molecule has 1 aromatic carbocycles. The number of Topliss-reactive ketones (excluding diaryl/α,β-unsaturated/α-hetero) is 1. The molecule has 1 aliphatic heterocycles. The lowest BCUT2D eigenvalue weighted by atomic mass is 9.77. The Balaban J connectivity index is 0.00000392. The molecule has 264 valence electrons. The summed E-state index contributed by atoms with van der Waals surface area (Å²) in [4.78, 5) is 68.3. The molecule has 5 amide bonds. The summed E-state index contributed by atoms with van der Waals surface area (Å²) in [7, 11) is 0. The van der Waals surface area contributed by atoms with Crippen molar-refractivity contribution in [3.05, 3.63) is 48.6 Å². The van der Waals surface area contributed by atoms with Gasteiger partial charge in [0.2, 0.25) is 17.6 Å². The second-order valence-electron chi connectivity index (χ2n) is 13.9. The summed E-state index contributed by atoms with van der Waals surface area (Å²) in [5.74, 6) is -0.121. The number of hydrogen-bond donors (Lipinski definition) is 4. The molecule has 10 heteroatoms. The van der Waals surface area contributed by atoms with Gasteiger partial charge in [0.05, 0.1) is 6.04 Å². The van der Waals surface area contributed by atoms with Gasteiger partial charge in [-0.15, -0.1) is 18.9 Å². The highest BCUT2D eigenvalue weighted by Gasteiger charge is 2.45. The third-order valence-electron chi connectivity index (χ3n) is 8.90. The summed E-state index contributed by atoms with van der Waals surface area (Å²) in [5, 5.41) is 11.4. The summed E-state index contributed by atoms with van der Waals surface area (Å²) in [6.07, 6.45) is 13.0. The van der Waals surface area contributed by atoms with Gasteiger partial charge in [0.25, 0.3) is 5.91 Å². The monoisotopic (exact) mass is 663 g/mol. The largest absolute Gasteiger partial charge is 0.346 e. The fourth-order valence-electron chi connectivity index (χ4n) is 6.50. The maximum absolute atomic E-state index is 14.2. The molecule has 1 aliphatic carbocycles. The number of urea groups is 1. The molecule has 1 saturated carbocycles. The molecule has 0 bridgehead atoms. The lowest BCUT2D eigenvalue weighted by molar-refractivity contribution is -0.143. The van der Waals surface area contributed by atoms with Crippen molar-refractivity contribution in [2.45, 2.75) is 123 Å². The van der Waals surface area contributed by atoms with E-state index in [-0.39, 0.29) is 31.2 Å². The molecule has 4 atom stereocenters. The number of rotatable bonds is 13. The third kappa shape index (κ3) is 11.5. The van der Waals surface area contributed by atoms with E-state index in [9.17, 15) is 24.0 Å². The summed E-state index contributed by atoms with van der Waals surface area (Å²) in [5.41, 5.74) is 0.0531. The molecule has 3 unspecified atom stereocenters. The number of likely N-dealkylation sites (tertiary alicyclic amines) is 1. The molecular weight excluding hydrogens is 606 g/mol. The topological polar surface area (TPSA) is 137 Å². The number of hydrogen-bond acceptors (Lipinski definition) is 5. The molecule has 1 heterocycles. The van der Waals surface area contributed by atoms with Crippen LogP contribution in [0.5, 0.6) is 0 Å². The van der Waals surface area contributed by atoms with Gasteiger partial charge in [0.1, 0.15) is 12.1 Å². The fraction of sp³-hybridized carbons (Fsp3) is 0.605. The summed E-state index contributed by atoms with van der Waals surface area (Å²) < 4.78 is 0. The Hall–Kier alpha value is -4.13. The van der Waals surface area contributed by atoms with Crippen molar-refractivity contribution in [1.29, 1.82) is 0 Å². The summed E-state index contributed by atoms with van der Waals surface area (Å²) >= 11 is 0. The van der Waals surface area contributed by atoms with Gasteiger partial charge in [-0.05, 0) is 49.0 Å². The van der Waals surface area contributed by atoms with E-state index in [0.717, 1.165) is 37.7 Å². The number of ketones is 1. The van der Waals surface area contributed by atoms with Gasteiger partial charge in [0.15, 0.2) is 0 Å². The van der Waals surface area contributed by atoms with Crippen LogP contribution in [0.15, 0.2) is 43.0 Å². The van der Waals surface area contributed by atoms with Crippen LogP contribution in [0.25, 0.3) is 0 Å². The number of amides is 5. The first kappa shape index (κ1) is 40.0. The summed E-state index contributed by atoms with van der Waals surface area (Å²) in [6.45, 7) is 15.5. The molecular formula is C38H57N5O5. The average molecular weight is 664 g/mol. The van der Waals surface area contributed by atoms with E-state index in [0.29, 0.717) is 19.4 Å². The van der Waals surface area contributed by atoms with E-state index < -0.39 is 52.7 Å². The second-order valence-corrected chi connectivity index (χ2v) is 13.9. The van der Waals surface area contributed by atoms with E-state index >= 15 is 0 Å². The number of nitrogens with one attached hydrogen (secondary N) is 4. The zero-order chi connectivity index (χ0) is 35.9. The third-order valence-corrected chi connectivity index (χ3v) is 8.90. The first-order valence-electron chi connectivity index (χ1n) is 17.4. The highest BCUT2D eigenvalue weighted by molar-refractivity contribution is 6.38.